The second-order valence-corrected chi connectivity index (χ2v) is 1.75. The smallest absolute Gasteiger partial charge is 0.237 e. The highest BCUT2D eigenvalue weighted by Crippen LogP contribution is 1.96. The van der Waals surface area contributed by atoms with Gasteiger partial charge in [-0.1, -0.05) is 0 Å². The van der Waals surface area contributed by atoms with E-state index in [9.17, 15) is 0 Å². The van der Waals surface area contributed by atoms with Gasteiger partial charge in [0, 0.05) is 0 Å². The maximum absolute atomic E-state index is 5.34. The summed E-state index contributed by atoms with van der Waals surface area (Å²) in [5.74, 6) is 0. The van der Waals surface area contributed by atoms with Crippen LogP contribution < -0.4 is 0 Å². The molecular weight excluding hydrogens is 149 g/mol. The molecule has 0 saturated heterocycles. The molecule has 0 amide bonds. The molecule has 5 heteroatoms. The summed E-state index contributed by atoms with van der Waals surface area (Å²) in [6.07, 6.45) is 1.47. The van der Waals surface area contributed by atoms with Crippen molar-refractivity contribution in [3.63, 3.8) is 0 Å². The number of hydrogen-bond donors (Lipinski definition) is 0. The Bertz CT molecular complexity index is 173. The van der Waals surface area contributed by atoms with E-state index in [1.807, 2.05) is 0 Å². The third-order valence-electron chi connectivity index (χ3n) is 0.631. The van der Waals surface area contributed by atoms with Gasteiger partial charge < -0.3 is 0 Å². The van der Waals surface area contributed by atoms with Gasteiger partial charge in [0.05, 0.1) is 0 Å². The maximum Gasteiger partial charge on any atom is 0.242 e. The first-order chi connectivity index (χ1) is 3.83. The highest BCUT2D eigenvalue weighted by molar-refractivity contribution is 6.28. The molecule has 1 rings (SSSR count). The summed E-state index contributed by atoms with van der Waals surface area (Å²) in [5.41, 5.74) is 0. The van der Waals surface area contributed by atoms with Crippen molar-refractivity contribution in [1.29, 1.82) is 0 Å². The average molecular weight is 152 g/mol. The molecular formula is C3H3Cl2N3. The van der Waals surface area contributed by atoms with E-state index < -0.39 is 0 Å². The summed E-state index contributed by atoms with van der Waals surface area (Å²) < 4.78 is 1.43. The highest BCUT2D eigenvalue weighted by atomic mass is 35.5. The number of rotatable bonds is 1. The maximum atomic E-state index is 5.34. The zero-order valence-electron chi connectivity index (χ0n) is 3.88. The van der Waals surface area contributed by atoms with E-state index in [-0.39, 0.29) is 5.28 Å². The molecule has 0 aliphatic heterocycles. The third-order valence-corrected chi connectivity index (χ3v) is 1.05. The number of aromatic nitrogens is 3. The quantitative estimate of drug-likeness (QED) is 0.564. The largest absolute Gasteiger partial charge is 0.242 e. The Balaban J connectivity index is 2.84. The highest BCUT2D eigenvalue weighted by Gasteiger charge is 1.91. The molecule has 0 aliphatic rings. The molecule has 0 N–H and O–H groups in total. The van der Waals surface area contributed by atoms with E-state index in [2.05, 4.69) is 10.1 Å². The first-order valence-corrected chi connectivity index (χ1v) is 2.85. The molecule has 0 aromatic carbocycles. The Kier molecular flexibility index (Phi) is 1.70. The molecule has 0 fully saturated rings. The molecule has 0 bridgehead atoms. The lowest BCUT2D eigenvalue weighted by molar-refractivity contribution is 0.742. The summed E-state index contributed by atoms with van der Waals surface area (Å²) in [5, 5.41) is 3.90. The van der Waals surface area contributed by atoms with E-state index in [1.165, 1.54) is 11.0 Å². The van der Waals surface area contributed by atoms with Crippen LogP contribution in [0, 0.1) is 0 Å². The van der Waals surface area contributed by atoms with Gasteiger partial charge in [-0.15, -0.1) is 16.7 Å². The van der Waals surface area contributed by atoms with Crippen LogP contribution in [0.25, 0.3) is 0 Å². The van der Waals surface area contributed by atoms with Crippen molar-refractivity contribution in [2.24, 2.45) is 0 Å². The molecule has 0 aliphatic carbocycles. The zero-order chi connectivity index (χ0) is 5.98. The number of hydrogen-bond acceptors (Lipinski definition) is 2. The van der Waals surface area contributed by atoms with E-state index in [0.717, 1.165) is 0 Å². The van der Waals surface area contributed by atoms with Crippen molar-refractivity contribution >= 4 is 23.2 Å². The van der Waals surface area contributed by atoms with Crippen molar-refractivity contribution in [2.45, 2.75) is 6.00 Å². The lowest BCUT2D eigenvalue weighted by Gasteiger charge is -1.84. The monoisotopic (exact) mass is 151 g/mol. The van der Waals surface area contributed by atoms with Crippen LogP contribution in [0.4, 0.5) is 0 Å². The SMILES string of the molecule is ClCn1cnc(Cl)n1. The van der Waals surface area contributed by atoms with Crippen LogP contribution >= 0.6 is 23.2 Å². The Morgan fingerprint density at radius 1 is 1.75 bits per heavy atom. The van der Waals surface area contributed by atoms with E-state index in [1.54, 1.807) is 0 Å². The van der Waals surface area contributed by atoms with Crippen molar-refractivity contribution in [3.05, 3.63) is 11.6 Å². The summed E-state index contributed by atoms with van der Waals surface area (Å²) in [6.45, 7) is 0. The first kappa shape index (κ1) is 5.85. The minimum atomic E-state index is 0.227. The lowest BCUT2D eigenvalue weighted by Crippen LogP contribution is -1.90. The Morgan fingerprint density at radius 2 is 2.50 bits per heavy atom. The van der Waals surface area contributed by atoms with Crippen molar-refractivity contribution < 1.29 is 0 Å². The van der Waals surface area contributed by atoms with Gasteiger partial charge in [0.1, 0.15) is 12.3 Å². The second-order valence-electron chi connectivity index (χ2n) is 1.17. The zero-order valence-corrected chi connectivity index (χ0v) is 5.39. The van der Waals surface area contributed by atoms with Crippen LogP contribution in [0.5, 0.6) is 0 Å². The Hall–Kier alpha value is -0.280. The summed E-state index contributed by atoms with van der Waals surface area (Å²) in [6, 6.07) is 0.291. The summed E-state index contributed by atoms with van der Waals surface area (Å²) in [4.78, 5) is 3.62. The first-order valence-electron chi connectivity index (χ1n) is 1.94. The van der Waals surface area contributed by atoms with E-state index >= 15 is 0 Å². The molecule has 1 aromatic rings. The Morgan fingerprint density at radius 3 is 2.75 bits per heavy atom. The Labute approximate surface area is 56.2 Å². The molecule has 0 atom stereocenters. The van der Waals surface area contributed by atoms with E-state index in [0.29, 0.717) is 6.00 Å². The van der Waals surface area contributed by atoms with Gasteiger partial charge in [0.15, 0.2) is 0 Å². The van der Waals surface area contributed by atoms with Gasteiger partial charge in [-0.3, -0.25) is 0 Å². The molecule has 1 heterocycles. The minimum absolute atomic E-state index is 0.227. The molecule has 0 saturated carbocycles. The van der Waals surface area contributed by atoms with Crippen molar-refractivity contribution in [1.82, 2.24) is 14.8 Å². The standard InChI is InChI=1S/C3H3Cl2N3/c4-1-8-2-6-3(5)7-8/h2H,1H2. The van der Waals surface area contributed by atoms with Gasteiger partial charge in [-0.25, -0.2) is 9.67 Å². The van der Waals surface area contributed by atoms with E-state index in [4.69, 9.17) is 23.2 Å². The molecule has 44 valence electrons. The topological polar surface area (TPSA) is 30.7 Å². The second kappa shape index (κ2) is 2.33. The molecule has 8 heavy (non-hydrogen) atoms. The van der Waals surface area contributed by atoms with Crippen LogP contribution in [-0.4, -0.2) is 14.8 Å². The van der Waals surface area contributed by atoms with Crippen molar-refractivity contribution in [2.75, 3.05) is 0 Å². The van der Waals surface area contributed by atoms with Crippen LogP contribution in [0.3, 0.4) is 0 Å². The van der Waals surface area contributed by atoms with Gasteiger partial charge in [0.2, 0.25) is 5.28 Å². The minimum Gasteiger partial charge on any atom is -0.237 e. The van der Waals surface area contributed by atoms with Crippen LogP contribution in [0.2, 0.25) is 5.28 Å². The fraction of sp³-hybridized carbons (Fsp3) is 0.333. The third kappa shape index (κ3) is 1.11. The molecule has 0 unspecified atom stereocenters. The van der Waals surface area contributed by atoms with Gasteiger partial charge in [-0.05, 0) is 11.6 Å². The molecule has 1 aromatic heterocycles. The van der Waals surface area contributed by atoms with Crippen LogP contribution in [0.1, 0.15) is 0 Å². The van der Waals surface area contributed by atoms with Crippen molar-refractivity contribution in [3.8, 4) is 0 Å². The fourth-order valence-corrected chi connectivity index (χ4v) is 0.585. The number of alkyl halides is 1. The normalized spacial score (nSPS) is 9.75. The number of nitrogens with zero attached hydrogens (tertiary/aromatic N) is 3. The lowest BCUT2D eigenvalue weighted by atomic mass is 11.2. The summed E-state index contributed by atoms with van der Waals surface area (Å²) >= 11 is 10.7. The molecule has 0 spiro atoms. The molecule has 0 radical (unpaired) electrons. The summed E-state index contributed by atoms with van der Waals surface area (Å²) in [7, 11) is 0. The average Bonchev–Trinajstić information content (AvgIpc) is 2.14. The van der Waals surface area contributed by atoms with Crippen LogP contribution in [0.15, 0.2) is 6.33 Å². The predicted molar refractivity (Wildman–Crippen MR) is 30.9 cm³/mol. The van der Waals surface area contributed by atoms with Crippen LogP contribution in [-0.2, 0) is 6.00 Å². The predicted octanol–water partition coefficient (Wildman–Crippen LogP) is 1.13. The number of halogens is 2. The fourth-order valence-electron chi connectivity index (χ4n) is 0.330. The van der Waals surface area contributed by atoms with Gasteiger partial charge in [0.25, 0.3) is 0 Å². The van der Waals surface area contributed by atoms with Gasteiger partial charge >= 0.3 is 0 Å². The van der Waals surface area contributed by atoms with Gasteiger partial charge in [-0.2, -0.15) is 0 Å². The molecule has 3 nitrogen and oxygen atoms in total.